The highest BCUT2D eigenvalue weighted by Crippen LogP contribution is 2.28. The number of benzene rings is 1. The molecule has 0 bridgehead atoms. The standard InChI is InChI=1S/C15H23NO/c1-3-15(10-4-12-16-15)11-9-13-5-7-14(17-2)8-6-13/h5-8,16H,3-4,9-12H2,1-2H3. The van der Waals surface area contributed by atoms with E-state index in [0.29, 0.717) is 5.54 Å². The van der Waals surface area contributed by atoms with Crippen LogP contribution in [0.1, 0.15) is 38.2 Å². The highest BCUT2D eigenvalue weighted by Gasteiger charge is 2.30. The molecule has 2 nitrogen and oxygen atoms in total. The van der Waals surface area contributed by atoms with Gasteiger partial charge in [-0.15, -0.1) is 0 Å². The Balaban J connectivity index is 1.92. The van der Waals surface area contributed by atoms with Gasteiger partial charge >= 0.3 is 0 Å². The van der Waals surface area contributed by atoms with Crippen LogP contribution < -0.4 is 10.1 Å². The molecule has 0 spiro atoms. The molecule has 1 fully saturated rings. The van der Waals surface area contributed by atoms with E-state index in [-0.39, 0.29) is 0 Å². The highest BCUT2D eigenvalue weighted by molar-refractivity contribution is 5.27. The minimum atomic E-state index is 0.403. The Bertz CT molecular complexity index is 338. The summed E-state index contributed by atoms with van der Waals surface area (Å²) < 4.78 is 5.18. The van der Waals surface area contributed by atoms with Crippen molar-refractivity contribution in [3.05, 3.63) is 29.8 Å². The predicted octanol–water partition coefficient (Wildman–Crippen LogP) is 3.16. The van der Waals surface area contributed by atoms with Gasteiger partial charge in [0.2, 0.25) is 0 Å². The Hall–Kier alpha value is -1.02. The minimum Gasteiger partial charge on any atom is -0.497 e. The Kier molecular flexibility index (Phi) is 4.06. The van der Waals surface area contributed by atoms with Crippen LogP contribution in [0.3, 0.4) is 0 Å². The van der Waals surface area contributed by atoms with Crippen molar-refractivity contribution in [2.45, 2.75) is 44.6 Å². The SMILES string of the molecule is CCC1(CCc2ccc(OC)cc2)CCCN1. The van der Waals surface area contributed by atoms with E-state index < -0.39 is 0 Å². The van der Waals surface area contributed by atoms with Crippen molar-refractivity contribution in [1.29, 1.82) is 0 Å². The van der Waals surface area contributed by atoms with Gasteiger partial charge in [-0.2, -0.15) is 0 Å². The van der Waals surface area contributed by atoms with Gasteiger partial charge in [0.05, 0.1) is 7.11 Å². The van der Waals surface area contributed by atoms with E-state index in [2.05, 4.69) is 36.5 Å². The second-order valence-corrected chi connectivity index (χ2v) is 5.01. The molecule has 17 heavy (non-hydrogen) atoms. The average molecular weight is 233 g/mol. The van der Waals surface area contributed by atoms with Crippen LogP contribution in [0.4, 0.5) is 0 Å². The van der Waals surface area contributed by atoms with E-state index in [1.54, 1.807) is 7.11 Å². The molecule has 1 heterocycles. The molecule has 0 aliphatic carbocycles. The van der Waals surface area contributed by atoms with Crippen molar-refractivity contribution < 1.29 is 4.74 Å². The molecule has 1 N–H and O–H groups in total. The Morgan fingerprint density at radius 3 is 2.59 bits per heavy atom. The van der Waals surface area contributed by atoms with Crippen molar-refractivity contribution in [2.24, 2.45) is 0 Å². The second-order valence-electron chi connectivity index (χ2n) is 5.01. The van der Waals surface area contributed by atoms with Crippen LogP contribution in [0, 0.1) is 0 Å². The molecule has 1 aromatic rings. The predicted molar refractivity (Wildman–Crippen MR) is 71.6 cm³/mol. The number of nitrogens with one attached hydrogen (secondary N) is 1. The second kappa shape index (κ2) is 5.54. The number of hydrogen-bond donors (Lipinski definition) is 1. The quantitative estimate of drug-likeness (QED) is 0.843. The van der Waals surface area contributed by atoms with Gasteiger partial charge in [-0.3, -0.25) is 0 Å². The lowest BCUT2D eigenvalue weighted by Gasteiger charge is -2.28. The fourth-order valence-electron chi connectivity index (χ4n) is 2.74. The van der Waals surface area contributed by atoms with Crippen molar-refractivity contribution in [2.75, 3.05) is 13.7 Å². The van der Waals surface area contributed by atoms with Crippen LogP contribution in [0.2, 0.25) is 0 Å². The highest BCUT2D eigenvalue weighted by atomic mass is 16.5. The molecule has 2 rings (SSSR count). The summed E-state index contributed by atoms with van der Waals surface area (Å²) in [7, 11) is 1.71. The van der Waals surface area contributed by atoms with Crippen LogP contribution in [0.5, 0.6) is 5.75 Å². The number of ether oxygens (including phenoxy) is 1. The number of rotatable bonds is 5. The molecule has 0 saturated carbocycles. The monoisotopic (exact) mass is 233 g/mol. The minimum absolute atomic E-state index is 0.403. The zero-order chi connectivity index (χ0) is 12.1. The van der Waals surface area contributed by atoms with Crippen molar-refractivity contribution in [3.8, 4) is 5.75 Å². The Morgan fingerprint density at radius 2 is 2.06 bits per heavy atom. The van der Waals surface area contributed by atoms with Crippen molar-refractivity contribution >= 4 is 0 Å². The van der Waals surface area contributed by atoms with Crippen molar-refractivity contribution in [1.82, 2.24) is 5.32 Å². The van der Waals surface area contributed by atoms with Gasteiger partial charge in [-0.1, -0.05) is 19.1 Å². The third-order valence-corrected chi connectivity index (χ3v) is 4.06. The molecule has 2 heteroatoms. The van der Waals surface area contributed by atoms with Crippen LogP contribution in [-0.2, 0) is 6.42 Å². The van der Waals surface area contributed by atoms with E-state index in [0.717, 1.165) is 12.2 Å². The summed E-state index contributed by atoms with van der Waals surface area (Å²) in [5.41, 5.74) is 1.81. The first-order valence-corrected chi connectivity index (χ1v) is 6.66. The number of aryl methyl sites for hydroxylation is 1. The Labute approximate surface area is 104 Å². The van der Waals surface area contributed by atoms with Crippen LogP contribution in [0.15, 0.2) is 24.3 Å². The smallest absolute Gasteiger partial charge is 0.118 e. The summed E-state index contributed by atoms with van der Waals surface area (Å²) in [5, 5.41) is 3.69. The molecule has 1 aliphatic rings. The molecule has 1 unspecified atom stereocenters. The summed E-state index contributed by atoms with van der Waals surface area (Å²) >= 11 is 0. The van der Waals surface area contributed by atoms with Gasteiger partial charge in [0.15, 0.2) is 0 Å². The summed E-state index contributed by atoms with van der Waals surface area (Å²) in [4.78, 5) is 0. The molecule has 94 valence electrons. The molecule has 1 aliphatic heterocycles. The number of methoxy groups -OCH3 is 1. The third kappa shape index (κ3) is 3.01. The van der Waals surface area contributed by atoms with Gasteiger partial charge < -0.3 is 10.1 Å². The lowest BCUT2D eigenvalue weighted by molar-refractivity contribution is 0.336. The van der Waals surface area contributed by atoms with Crippen LogP contribution in [0.25, 0.3) is 0 Å². The molecule has 0 aromatic heterocycles. The zero-order valence-corrected chi connectivity index (χ0v) is 11.0. The van der Waals surface area contributed by atoms with Gasteiger partial charge in [-0.05, 0) is 56.3 Å². The molecule has 1 aromatic carbocycles. The Morgan fingerprint density at radius 1 is 1.29 bits per heavy atom. The summed E-state index contributed by atoms with van der Waals surface area (Å²) in [6.07, 6.45) is 6.31. The fraction of sp³-hybridized carbons (Fsp3) is 0.600. The van der Waals surface area contributed by atoms with E-state index in [9.17, 15) is 0 Å². The van der Waals surface area contributed by atoms with Gasteiger partial charge in [-0.25, -0.2) is 0 Å². The topological polar surface area (TPSA) is 21.3 Å². The van der Waals surface area contributed by atoms with Gasteiger partial charge in [0, 0.05) is 5.54 Å². The first kappa shape index (κ1) is 12.4. The maximum Gasteiger partial charge on any atom is 0.118 e. The lowest BCUT2D eigenvalue weighted by Crippen LogP contribution is -2.39. The van der Waals surface area contributed by atoms with Gasteiger partial charge in [0.1, 0.15) is 5.75 Å². The first-order chi connectivity index (χ1) is 8.28. The van der Waals surface area contributed by atoms with Crippen LogP contribution >= 0.6 is 0 Å². The summed E-state index contributed by atoms with van der Waals surface area (Å²) in [6.45, 7) is 3.49. The van der Waals surface area contributed by atoms with E-state index in [1.165, 1.54) is 37.8 Å². The summed E-state index contributed by atoms with van der Waals surface area (Å²) in [6, 6.07) is 8.46. The molecule has 1 atom stereocenters. The zero-order valence-electron chi connectivity index (χ0n) is 11.0. The maximum atomic E-state index is 5.18. The normalized spacial score (nSPS) is 23.9. The third-order valence-electron chi connectivity index (χ3n) is 4.06. The molecular formula is C15H23NO. The van der Waals surface area contributed by atoms with Gasteiger partial charge in [0.25, 0.3) is 0 Å². The average Bonchev–Trinajstić information content (AvgIpc) is 2.86. The number of hydrogen-bond acceptors (Lipinski definition) is 2. The maximum absolute atomic E-state index is 5.18. The summed E-state index contributed by atoms with van der Waals surface area (Å²) in [5.74, 6) is 0.943. The first-order valence-electron chi connectivity index (χ1n) is 6.66. The molecular weight excluding hydrogens is 210 g/mol. The van der Waals surface area contributed by atoms with E-state index >= 15 is 0 Å². The molecule has 0 radical (unpaired) electrons. The van der Waals surface area contributed by atoms with Crippen molar-refractivity contribution in [3.63, 3.8) is 0 Å². The fourth-order valence-corrected chi connectivity index (χ4v) is 2.74. The van der Waals surface area contributed by atoms with E-state index in [1.807, 2.05) is 0 Å². The molecule has 0 amide bonds. The molecule has 1 saturated heterocycles. The lowest BCUT2D eigenvalue weighted by atomic mass is 9.87. The van der Waals surface area contributed by atoms with E-state index in [4.69, 9.17) is 4.74 Å². The van der Waals surface area contributed by atoms with Crippen LogP contribution in [-0.4, -0.2) is 19.2 Å². The largest absolute Gasteiger partial charge is 0.497 e.